The summed E-state index contributed by atoms with van der Waals surface area (Å²) in [4.78, 5) is 12.4. The molecule has 1 heterocycles. The number of carbonyl (C=O) groups is 1. The molecule has 0 atom stereocenters. The first-order valence-electron chi connectivity index (χ1n) is 5.99. The molecule has 100 valence electrons. The Labute approximate surface area is 125 Å². The largest absolute Gasteiger partial charge is 0.292 e. The van der Waals surface area contributed by atoms with Gasteiger partial charge in [0.15, 0.2) is 5.78 Å². The first-order chi connectivity index (χ1) is 8.99. The molecule has 0 saturated heterocycles. The molecule has 0 spiro atoms. The first kappa shape index (κ1) is 14.3. The van der Waals surface area contributed by atoms with Crippen molar-refractivity contribution in [2.45, 2.75) is 26.3 Å². The molecule has 0 radical (unpaired) electrons. The van der Waals surface area contributed by atoms with E-state index in [4.69, 9.17) is 11.6 Å². The molecule has 0 saturated carbocycles. The van der Waals surface area contributed by atoms with E-state index in [0.29, 0.717) is 17.1 Å². The molecule has 1 aromatic carbocycles. The molecule has 0 aliphatic rings. The van der Waals surface area contributed by atoms with Gasteiger partial charge in [-0.15, -0.1) is 0 Å². The van der Waals surface area contributed by atoms with Gasteiger partial charge in [0, 0.05) is 16.9 Å². The van der Waals surface area contributed by atoms with Gasteiger partial charge in [-0.05, 0) is 31.5 Å². The fourth-order valence-corrected chi connectivity index (χ4v) is 2.59. The molecule has 0 unspecified atom stereocenters. The summed E-state index contributed by atoms with van der Waals surface area (Å²) in [6.07, 6.45) is 1.84. The van der Waals surface area contributed by atoms with Crippen LogP contribution in [0.5, 0.6) is 0 Å². The van der Waals surface area contributed by atoms with Crippen LogP contribution in [0.15, 0.2) is 34.9 Å². The lowest BCUT2D eigenvalue weighted by Crippen LogP contribution is -2.14. The van der Waals surface area contributed by atoms with Crippen molar-refractivity contribution in [3.05, 3.63) is 51.2 Å². The second kappa shape index (κ2) is 5.88. The van der Waals surface area contributed by atoms with E-state index < -0.39 is 0 Å². The maximum Gasteiger partial charge on any atom is 0.186 e. The van der Waals surface area contributed by atoms with Crippen molar-refractivity contribution in [2.24, 2.45) is 0 Å². The number of rotatable bonds is 4. The van der Waals surface area contributed by atoms with Gasteiger partial charge in [0.05, 0.1) is 11.2 Å². The molecule has 19 heavy (non-hydrogen) atoms. The highest BCUT2D eigenvalue weighted by atomic mass is 79.9. The highest BCUT2D eigenvalue weighted by molar-refractivity contribution is 9.10. The van der Waals surface area contributed by atoms with Crippen LogP contribution in [0.25, 0.3) is 0 Å². The Balaban J connectivity index is 2.28. The fourth-order valence-electron chi connectivity index (χ4n) is 1.91. The van der Waals surface area contributed by atoms with Crippen molar-refractivity contribution in [1.29, 1.82) is 0 Å². The highest BCUT2D eigenvalue weighted by Crippen LogP contribution is 2.21. The summed E-state index contributed by atoms with van der Waals surface area (Å²) in [6.45, 7) is 3.94. The molecule has 5 heteroatoms. The number of halogens is 2. The van der Waals surface area contributed by atoms with Crippen LogP contribution in [0.1, 0.15) is 35.9 Å². The van der Waals surface area contributed by atoms with Crippen LogP contribution in [0.3, 0.4) is 0 Å². The summed E-state index contributed by atoms with van der Waals surface area (Å²) in [5.41, 5.74) is 1.43. The number of Topliss-reactive ketones (excluding diaryl/α,β-unsaturated/α-hetero) is 1. The van der Waals surface area contributed by atoms with Gasteiger partial charge >= 0.3 is 0 Å². The van der Waals surface area contributed by atoms with Crippen molar-refractivity contribution in [1.82, 2.24) is 9.78 Å². The van der Waals surface area contributed by atoms with E-state index in [9.17, 15) is 4.79 Å². The van der Waals surface area contributed by atoms with Gasteiger partial charge in [-0.3, -0.25) is 9.48 Å². The van der Waals surface area contributed by atoms with Gasteiger partial charge in [-0.25, -0.2) is 0 Å². The van der Waals surface area contributed by atoms with Gasteiger partial charge in [0.25, 0.3) is 0 Å². The van der Waals surface area contributed by atoms with E-state index in [1.54, 1.807) is 4.68 Å². The van der Waals surface area contributed by atoms with E-state index in [2.05, 4.69) is 21.0 Å². The SMILES string of the molecule is CC(C)n1ncc(Cl)c1C(=O)Cc1cccc(Br)c1. The number of aromatic nitrogens is 2. The Kier molecular flexibility index (Phi) is 4.42. The number of nitrogens with zero attached hydrogens (tertiary/aromatic N) is 2. The van der Waals surface area contributed by atoms with Crippen molar-refractivity contribution in [3.8, 4) is 0 Å². The summed E-state index contributed by atoms with van der Waals surface area (Å²) < 4.78 is 2.63. The summed E-state index contributed by atoms with van der Waals surface area (Å²) in [5, 5.41) is 4.56. The summed E-state index contributed by atoms with van der Waals surface area (Å²) in [6, 6.07) is 7.80. The Morgan fingerprint density at radius 3 is 2.84 bits per heavy atom. The zero-order valence-electron chi connectivity index (χ0n) is 10.7. The zero-order valence-corrected chi connectivity index (χ0v) is 13.1. The predicted octanol–water partition coefficient (Wildman–Crippen LogP) is 4.31. The maximum absolute atomic E-state index is 12.4. The van der Waals surface area contributed by atoms with Crippen LogP contribution < -0.4 is 0 Å². The predicted molar refractivity (Wildman–Crippen MR) is 79.8 cm³/mol. The smallest absolute Gasteiger partial charge is 0.186 e. The monoisotopic (exact) mass is 340 g/mol. The summed E-state index contributed by atoms with van der Waals surface area (Å²) in [5.74, 6) is -0.0192. The Hall–Kier alpha value is -1.13. The van der Waals surface area contributed by atoms with Crippen LogP contribution in [0, 0.1) is 0 Å². The minimum Gasteiger partial charge on any atom is -0.292 e. The average molecular weight is 342 g/mol. The number of carbonyl (C=O) groups excluding carboxylic acids is 1. The van der Waals surface area contributed by atoms with Gasteiger partial charge in [0.2, 0.25) is 0 Å². The lowest BCUT2D eigenvalue weighted by atomic mass is 10.1. The second-order valence-corrected chi connectivity index (χ2v) is 5.93. The molecule has 2 aromatic rings. The van der Waals surface area contributed by atoms with E-state index >= 15 is 0 Å². The van der Waals surface area contributed by atoms with E-state index in [0.717, 1.165) is 10.0 Å². The van der Waals surface area contributed by atoms with Gasteiger partial charge in [-0.2, -0.15) is 5.10 Å². The Morgan fingerprint density at radius 2 is 2.21 bits per heavy atom. The van der Waals surface area contributed by atoms with E-state index in [1.807, 2.05) is 38.1 Å². The molecular weight excluding hydrogens is 328 g/mol. The maximum atomic E-state index is 12.4. The Bertz CT molecular complexity index is 607. The third kappa shape index (κ3) is 3.25. The molecule has 2 rings (SSSR count). The molecule has 1 aromatic heterocycles. The molecule has 0 N–H and O–H groups in total. The van der Waals surface area contributed by atoms with Gasteiger partial charge in [0.1, 0.15) is 5.69 Å². The lowest BCUT2D eigenvalue weighted by Gasteiger charge is -2.10. The van der Waals surface area contributed by atoms with Crippen LogP contribution in [0.2, 0.25) is 5.02 Å². The van der Waals surface area contributed by atoms with Crippen LogP contribution in [0.4, 0.5) is 0 Å². The molecule has 0 aliphatic carbocycles. The fraction of sp³-hybridized carbons (Fsp3) is 0.286. The van der Waals surface area contributed by atoms with Crippen molar-refractivity contribution in [3.63, 3.8) is 0 Å². The second-order valence-electron chi connectivity index (χ2n) is 4.61. The number of benzene rings is 1. The third-order valence-corrected chi connectivity index (χ3v) is 3.53. The minimum atomic E-state index is -0.0192. The number of ketones is 1. The van der Waals surface area contributed by atoms with Crippen molar-refractivity contribution >= 4 is 33.3 Å². The molecular formula is C14H14BrClN2O. The van der Waals surface area contributed by atoms with Crippen LogP contribution in [-0.4, -0.2) is 15.6 Å². The van der Waals surface area contributed by atoms with Crippen LogP contribution >= 0.6 is 27.5 Å². The van der Waals surface area contributed by atoms with Gasteiger partial charge in [-0.1, -0.05) is 39.7 Å². The zero-order chi connectivity index (χ0) is 14.0. The molecule has 3 nitrogen and oxygen atoms in total. The highest BCUT2D eigenvalue weighted by Gasteiger charge is 2.19. The molecule has 0 fully saturated rings. The quantitative estimate of drug-likeness (QED) is 0.777. The first-order valence-corrected chi connectivity index (χ1v) is 7.16. The van der Waals surface area contributed by atoms with E-state index in [-0.39, 0.29) is 11.8 Å². The number of hydrogen-bond acceptors (Lipinski definition) is 2. The van der Waals surface area contributed by atoms with E-state index in [1.165, 1.54) is 6.20 Å². The topological polar surface area (TPSA) is 34.9 Å². The van der Waals surface area contributed by atoms with Crippen molar-refractivity contribution < 1.29 is 4.79 Å². The number of hydrogen-bond donors (Lipinski definition) is 0. The molecule has 0 aliphatic heterocycles. The third-order valence-electron chi connectivity index (χ3n) is 2.76. The Morgan fingerprint density at radius 1 is 1.47 bits per heavy atom. The minimum absolute atomic E-state index is 0.0192. The summed E-state index contributed by atoms with van der Waals surface area (Å²) >= 11 is 9.47. The molecule has 0 bridgehead atoms. The average Bonchev–Trinajstić information content (AvgIpc) is 2.71. The summed E-state index contributed by atoms with van der Waals surface area (Å²) in [7, 11) is 0. The van der Waals surface area contributed by atoms with Crippen LogP contribution in [-0.2, 0) is 6.42 Å². The normalized spacial score (nSPS) is 11.0. The molecule has 0 amide bonds. The van der Waals surface area contributed by atoms with Crippen molar-refractivity contribution in [2.75, 3.05) is 0 Å². The van der Waals surface area contributed by atoms with Gasteiger partial charge < -0.3 is 0 Å². The lowest BCUT2D eigenvalue weighted by molar-refractivity contribution is 0.0981. The standard InChI is InChI=1S/C14H14BrClN2O/c1-9(2)18-14(12(16)8-17-18)13(19)7-10-4-3-5-11(15)6-10/h3-6,8-9H,7H2,1-2H3.